The van der Waals surface area contributed by atoms with Crippen LogP contribution in [-0.2, 0) is 6.54 Å². The SMILES string of the molecule is COc1ccc(OC(F)(F)F)cc1CNC1C2CCC(C)C(C2)NC1c1ccccc1. The maximum atomic E-state index is 12.7. The van der Waals surface area contributed by atoms with Crippen LogP contribution in [0.15, 0.2) is 48.5 Å². The number of halogens is 3. The number of nitrogens with one attached hydrogen (secondary N) is 2. The molecule has 4 rings (SSSR count). The number of hydrogen-bond acceptors (Lipinski definition) is 4. The Kier molecular flexibility index (Phi) is 6.44. The van der Waals surface area contributed by atoms with Gasteiger partial charge in [0.1, 0.15) is 11.5 Å². The summed E-state index contributed by atoms with van der Waals surface area (Å²) in [5.41, 5.74) is 1.87. The normalized spacial score (nSPS) is 28.2. The first kappa shape index (κ1) is 22.0. The average Bonchev–Trinajstić information content (AvgIpc) is 2.75. The zero-order valence-electron chi connectivity index (χ0n) is 17.8. The third-order valence-corrected chi connectivity index (χ3v) is 6.67. The van der Waals surface area contributed by atoms with Gasteiger partial charge in [-0.15, -0.1) is 13.2 Å². The van der Waals surface area contributed by atoms with Crippen molar-refractivity contribution in [1.82, 2.24) is 10.6 Å². The number of methoxy groups -OCH3 is 1. The summed E-state index contributed by atoms with van der Waals surface area (Å²) in [6, 6.07) is 15.4. The Labute approximate surface area is 181 Å². The lowest BCUT2D eigenvalue weighted by Crippen LogP contribution is -2.58. The zero-order valence-corrected chi connectivity index (χ0v) is 17.8. The number of benzene rings is 2. The van der Waals surface area contributed by atoms with Crippen molar-refractivity contribution in [2.24, 2.45) is 11.8 Å². The molecule has 1 heterocycles. The van der Waals surface area contributed by atoms with Gasteiger partial charge in [-0.1, -0.05) is 37.3 Å². The van der Waals surface area contributed by atoms with Crippen molar-refractivity contribution in [3.63, 3.8) is 0 Å². The van der Waals surface area contributed by atoms with Crippen LogP contribution in [0.2, 0.25) is 0 Å². The highest BCUT2D eigenvalue weighted by atomic mass is 19.4. The lowest BCUT2D eigenvalue weighted by atomic mass is 9.69. The number of alkyl halides is 3. The monoisotopic (exact) mass is 434 g/mol. The summed E-state index contributed by atoms with van der Waals surface area (Å²) >= 11 is 0. The molecule has 5 atom stereocenters. The minimum absolute atomic E-state index is 0.147. The second-order valence-corrected chi connectivity index (χ2v) is 8.64. The van der Waals surface area contributed by atoms with Crippen molar-refractivity contribution in [1.29, 1.82) is 0 Å². The van der Waals surface area contributed by atoms with Crippen LogP contribution in [-0.4, -0.2) is 25.6 Å². The van der Waals surface area contributed by atoms with Gasteiger partial charge in [-0.05, 0) is 54.9 Å². The van der Waals surface area contributed by atoms with Gasteiger partial charge in [-0.25, -0.2) is 0 Å². The van der Waals surface area contributed by atoms with Crippen molar-refractivity contribution in [2.75, 3.05) is 7.11 Å². The molecule has 2 fully saturated rings. The Morgan fingerprint density at radius 1 is 1.10 bits per heavy atom. The van der Waals surface area contributed by atoms with E-state index in [0.29, 0.717) is 35.7 Å². The van der Waals surface area contributed by atoms with Crippen molar-refractivity contribution in [2.45, 2.75) is 57.2 Å². The van der Waals surface area contributed by atoms with Crippen LogP contribution in [0.25, 0.3) is 0 Å². The summed E-state index contributed by atoms with van der Waals surface area (Å²) in [4.78, 5) is 0. The Morgan fingerprint density at radius 3 is 2.58 bits per heavy atom. The highest BCUT2D eigenvalue weighted by Crippen LogP contribution is 2.41. The van der Waals surface area contributed by atoms with E-state index in [1.165, 1.54) is 37.3 Å². The topological polar surface area (TPSA) is 42.5 Å². The molecule has 0 aromatic heterocycles. The van der Waals surface area contributed by atoms with E-state index in [1.54, 1.807) is 0 Å². The highest BCUT2D eigenvalue weighted by Gasteiger charge is 2.42. The van der Waals surface area contributed by atoms with E-state index in [-0.39, 0.29) is 17.8 Å². The minimum atomic E-state index is -4.72. The number of ether oxygens (including phenoxy) is 2. The number of rotatable bonds is 6. The van der Waals surface area contributed by atoms with Crippen molar-refractivity contribution in [3.05, 3.63) is 59.7 Å². The Bertz CT molecular complexity index is 875. The average molecular weight is 435 g/mol. The summed E-state index contributed by atoms with van der Waals surface area (Å²) in [6.07, 6.45) is -1.29. The number of piperidine rings is 1. The van der Waals surface area contributed by atoms with E-state index in [2.05, 4.69) is 34.4 Å². The Balaban J connectivity index is 1.56. The maximum absolute atomic E-state index is 12.7. The Hall–Kier alpha value is -2.25. The lowest BCUT2D eigenvalue weighted by Gasteiger charge is -2.49. The molecule has 0 amide bonds. The number of hydrogen-bond donors (Lipinski definition) is 2. The highest BCUT2D eigenvalue weighted by molar-refractivity contribution is 5.40. The second-order valence-electron chi connectivity index (χ2n) is 8.64. The number of fused-ring (bicyclic) bond motifs is 2. The van der Waals surface area contributed by atoms with Crippen LogP contribution in [0.5, 0.6) is 11.5 Å². The van der Waals surface area contributed by atoms with E-state index in [9.17, 15) is 13.2 Å². The van der Waals surface area contributed by atoms with Crippen molar-refractivity contribution < 1.29 is 22.6 Å². The summed E-state index contributed by atoms with van der Waals surface area (Å²) in [6.45, 7) is 2.70. The fourth-order valence-corrected chi connectivity index (χ4v) is 5.09. The lowest BCUT2D eigenvalue weighted by molar-refractivity contribution is -0.274. The molecule has 2 N–H and O–H groups in total. The van der Waals surface area contributed by atoms with E-state index >= 15 is 0 Å². The van der Waals surface area contributed by atoms with E-state index < -0.39 is 6.36 Å². The van der Waals surface area contributed by atoms with Gasteiger partial charge in [0.15, 0.2) is 0 Å². The van der Waals surface area contributed by atoms with Crippen LogP contribution in [0.3, 0.4) is 0 Å². The molecule has 1 aliphatic heterocycles. The third-order valence-electron chi connectivity index (χ3n) is 6.67. The summed E-state index contributed by atoms with van der Waals surface area (Å²) in [7, 11) is 1.52. The van der Waals surface area contributed by atoms with E-state index in [4.69, 9.17) is 4.74 Å². The maximum Gasteiger partial charge on any atom is 0.573 e. The van der Waals surface area contributed by atoms with Crippen LogP contribution in [0.4, 0.5) is 13.2 Å². The molecule has 7 heteroatoms. The molecule has 2 aromatic rings. The van der Waals surface area contributed by atoms with Gasteiger partial charge >= 0.3 is 6.36 Å². The predicted octanol–water partition coefficient (Wildman–Crippen LogP) is 5.20. The molecule has 31 heavy (non-hydrogen) atoms. The first-order valence-corrected chi connectivity index (χ1v) is 10.8. The van der Waals surface area contributed by atoms with Crippen LogP contribution >= 0.6 is 0 Å². The molecule has 1 saturated carbocycles. The fraction of sp³-hybridized carbons (Fsp3) is 0.500. The van der Waals surface area contributed by atoms with Crippen molar-refractivity contribution in [3.8, 4) is 11.5 Å². The van der Waals surface area contributed by atoms with Crippen LogP contribution in [0.1, 0.15) is 43.4 Å². The van der Waals surface area contributed by atoms with Crippen molar-refractivity contribution >= 4 is 0 Å². The molecular weight excluding hydrogens is 405 g/mol. The van der Waals surface area contributed by atoms with Gasteiger partial charge in [0.25, 0.3) is 0 Å². The minimum Gasteiger partial charge on any atom is -0.496 e. The van der Waals surface area contributed by atoms with Gasteiger partial charge in [0, 0.05) is 30.2 Å². The fourth-order valence-electron chi connectivity index (χ4n) is 5.09. The predicted molar refractivity (Wildman–Crippen MR) is 113 cm³/mol. The molecule has 0 radical (unpaired) electrons. The largest absolute Gasteiger partial charge is 0.573 e. The summed E-state index contributed by atoms with van der Waals surface area (Å²) < 4.78 is 47.5. The van der Waals surface area contributed by atoms with Gasteiger partial charge < -0.3 is 20.1 Å². The Morgan fingerprint density at radius 2 is 1.87 bits per heavy atom. The summed E-state index contributed by atoms with van der Waals surface area (Å²) in [5.74, 6) is 1.45. The molecule has 168 valence electrons. The zero-order chi connectivity index (χ0) is 22.0. The molecule has 2 aliphatic rings. The standard InChI is InChI=1S/C24H29F3N2O2/c1-15-8-9-17-13-20(15)29-23(16-6-4-3-5-7-16)22(17)28-14-18-12-19(31-24(25,26)27)10-11-21(18)30-2/h3-7,10-12,15,17,20,22-23,28-29H,8-9,13-14H2,1-2H3. The molecule has 0 spiro atoms. The van der Waals surface area contributed by atoms with Gasteiger partial charge in [0.2, 0.25) is 0 Å². The van der Waals surface area contributed by atoms with Gasteiger partial charge in [-0.2, -0.15) is 0 Å². The van der Waals surface area contributed by atoms with E-state index in [0.717, 1.165) is 12.8 Å². The molecule has 5 unspecified atom stereocenters. The second kappa shape index (κ2) is 9.09. The molecule has 1 aliphatic carbocycles. The van der Waals surface area contributed by atoms with Gasteiger partial charge in [0.05, 0.1) is 7.11 Å². The molecule has 2 bridgehead atoms. The smallest absolute Gasteiger partial charge is 0.496 e. The van der Waals surface area contributed by atoms with Crippen LogP contribution < -0.4 is 20.1 Å². The van der Waals surface area contributed by atoms with Crippen LogP contribution in [0, 0.1) is 11.8 Å². The molecular formula is C24H29F3N2O2. The van der Waals surface area contributed by atoms with Gasteiger partial charge in [-0.3, -0.25) is 0 Å². The third kappa shape index (κ3) is 5.15. The molecule has 1 saturated heterocycles. The first-order valence-electron chi connectivity index (χ1n) is 10.8. The first-order chi connectivity index (χ1) is 14.8. The quantitative estimate of drug-likeness (QED) is 0.656. The molecule has 4 nitrogen and oxygen atoms in total. The summed E-state index contributed by atoms with van der Waals surface area (Å²) in [5, 5.41) is 7.48. The molecule has 2 aromatic carbocycles. The van der Waals surface area contributed by atoms with E-state index in [1.807, 2.05) is 18.2 Å².